The van der Waals surface area contributed by atoms with Crippen LogP contribution in [0.15, 0.2) is 65.5 Å². The van der Waals surface area contributed by atoms with Gasteiger partial charge < -0.3 is 5.32 Å². The summed E-state index contributed by atoms with van der Waals surface area (Å²) < 4.78 is 14.5. The Bertz CT molecular complexity index is 1080. The van der Waals surface area contributed by atoms with E-state index in [1.165, 1.54) is 48.5 Å². The summed E-state index contributed by atoms with van der Waals surface area (Å²) in [5.74, 6) is -1.23. The summed E-state index contributed by atoms with van der Waals surface area (Å²) in [6.45, 7) is -0.435. The van der Waals surface area contributed by atoms with Crippen LogP contribution in [0.3, 0.4) is 0 Å². The molecule has 1 amide bonds. The van der Waals surface area contributed by atoms with Gasteiger partial charge in [0.05, 0.1) is 16.3 Å². The molecule has 3 aromatic rings. The summed E-state index contributed by atoms with van der Waals surface area (Å²) in [7, 11) is 0. The fourth-order valence-corrected chi connectivity index (χ4v) is 2.38. The summed E-state index contributed by atoms with van der Waals surface area (Å²) in [6, 6.07) is 14.0. The van der Waals surface area contributed by atoms with Crippen molar-refractivity contribution in [2.75, 3.05) is 5.32 Å². The zero-order valence-corrected chi connectivity index (χ0v) is 13.8. The third-order valence-electron chi connectivity index (χ3n) is 3.66. The highest BCUT2D eigenvalue weighted by Gasteiger charge is 2.12. The molecule has 0 saturated carbocycles. The maximum atomic E-state index is 13.6. The van der Waals surface area contributed by atoms with E-state index in [0.717, 1.165) is 4.68 Å². The van der Waals surface area contributed by atoms with Crippen molar-refractivity contribution < 1.29 is 14.1 Å². The predicted octanol–water partition coefficient (Wildman–Crippen LogP) is 2.60. The number of carbonyl (C=O) groups is 1. The van der Waals surface area contributed by atoms with Crippen LogP contribution in [-0.2, 0) is 11.3 Å². The maximum absolute atomic E-state index is 13.6. The van der Waals surface area contributed by atoms with E-state index in [1.54, 1.807) is 12.1 Å². The number of nitrogens with zero attached hydrogens (tertiary/aromatic N) is 3. The van der Waals surface area contributed by atoms with Gasteiger partial charge in [0, 0.05) is 23.8 Å². The topological polar surface area (TPSA) is 107 Å². The minimum atomic E-state index is -0.633. The van der Waals surface area contributed by atoms with E-state index < -0.39 is 28.8 Å². The van der Waals surface area contributed by atoms with Crippen molar-refractivity contribution >= 4 is 17.3 Å². The molecule has 0 radical (unpaired) electrons. The molecule has 3 rings (SSSR count). The highest BCUT2D eigenvalue weighted by molar-refractivity contribution is 5.90. The highest BCUT2D eigenvalue weighted by Crippen LogP contribution is 2.21. The largest absolute Gasteiger partial charge is 0.322 e. The van der Waals surface area contributed by atoms with Crippen molar-refractivity contribution in [2.45, 2.75) is 6.54 Å². The molecule has 0 aliphatic carbocycles. The highest BCUT2D eigenvalue weighted by atomic mass is 19.1. The molecule has 0 bridgehead atoms. The van der Waals surface area contributed by atoms with Gasteiger partial charge in [0.15, 0.2) is 0 Å². The summed E-state index contributed by atoms with van der Waals surface area (Å²) in [5, 5.41) is 17.3. The monoisotopic (exact) mass is 368 g/mol. The lowest BCUT2D eigenvalue weighted by Crippen LogP contribution is -2.29. The first-order chi connectivity index (χ1) is 12.9. The second-order valence-electron chi connectivity index (χ2n) is 5.55. The SMILES string of the molecule is O=C(Cn1nc(-c2cccc([N+](=O)[O-])c2)ccc1=O)Nc1ccccc1F. The van der Waals surface area contributed by atoms with Gasteiger partial charge in [-0.2, -0.15) is 5.10 Å². The van der Waals surface area contributed by atoms with Crippen LogP contribution < -0.4 is 10.9 Å². The number of aromatic nitrogens is 2. The second-order valence-corrected chi connectivity index (χ2v) is 5.55. The first-order valence-electron chi connectivity index (χ1n) is 7.81. The first kappa shape index (κ1) is 17.9. The van der Waals surface area contributed by atoms with E-state index in [1.807, 2.05) is 0 Å². The number of amides is 1. The second kappa shape index (κ2) is 7.56. The Balaban J connectivity index is 1.85. The average molecular weight is 368 g/mol. The van der Waals surface area contributed by atoms with Gasteiger partial charge in [0.25, 0.3) is 11.2 Å². The van der Waals surface area contributed by atoms with Gasteiger partial charge in [-0.1, -0.05) is 24.3 Å². The summed E-state index contributed by atoms with van der Waals surface area (Å²) in [6.07, 6.45) is 0. The number of benzene rings is 2. The van der Waals surface area contributed by atoms with Gasteiger partial charge in [-0.25, -0.2) is 9.07 Å². The standard InChI is InChI=1S/C18H13FN4O4/c19-14-6-1-2-7-16(14)20-17(24)11-22-18(25)9-8-15(21-22)12-4-3-5-13(10-12)23(26)27/h1-10H,11H2,(H,20,24). The molecule has 1 aromatic heterocycles. The molecule has 1 N–H and O–H groups in total. The minimum absolute atomic E-state index is 0.00890. The smallest absolute Gasteiger partial charge is 0.270 e. The van der Waals surface area contributed by atoms with Crippen molar-refractivity contribution in [3.63, 3.8) is 0 Å². The molecule has 0 spiro atoms. The van der Waals surface area contributed by atoms with Crippen LogP contribution in [0.5, 0.6) is 0 Å². The molecule has 0 fully saturated rings. The molecule has 0 saturated heterocycles. The molecule has 1 heterocycles. The molecular formula is C18H13FN4O4. The van der Waals surface area contributed by atoms with Gasteiger partial charge in [-0.05, 0) is 18.2 Å². The number of nitro benzene ring substituents is 1. The van der Waals surface area contributed by atoms with Crippen molar-refractivity contribution in [2.24, 2.45) is 0 Å². The first-order valence-corrected chi connectivity index (χ1v) is 7.81. The van der Waals surface area contributed by atoms with Gasteiger partial charge in [-0.15, -0.1) is 0 Å². The number of hydrogen-bond donors (Lipinski definition) is 1. The number of hydrogen-bond acceptors (Lipinski definition) is 5. The fraction of sp³-hybridized carbons (Fsp3) is 0.0556. The van der Waals surface area contributed by atoms with E-state index in [2.05, 4.69) is 10.4 Å². The van der Waals surface area contributed by atoms with Gasteiger partial charge >= 0.3 is 0 Å². The van der Waals surface area contributed by atoms with E-state index >= 15 is 0 Å². The Morgan fingerprint density at radius 2 is 1.93 bits per heavy atom. The lowest BCUT2D eigenvalue weighted by atomic mass is 10.1. The Morgan fingerprint density at radius 1 is 1.15 bits per heavy atom. The zero-order valence-electron chi connectivity index (χ0n) is 13.8. The summed E-state index contributed by atoms with van der Waals surface area (Å²) in [4.78, 5) is 34.4. The van der Waals surface area contributed by atoms with E-state index in [9.17, 15) is 24.1 Å². The van der Waals surface area contributed by atoms with Crippen LogP contribution >= 0.6 is 0 Å². The van der Waals surface area contributed by atoms with E-state index in [4.69, 9.17) is 0 Å². The van der Waals surface area contributed by atoms with Crippen LogP contribution in [-0.4, -0.2) is 20.6 Å². The Morgan fingerprint density at radius 3 is 2.67 bits per heavy atom. The van der Waals surface area contributed by atoms with Gasteiger partial charge in [-0.3, -0.25) is 19.7 Å². The summed E-state index contributed by atoms with van der Waals surface area (Å²) in [5.41, 5.74) is 0.0482. The molecule has 0 aliphatic heterocycles. The normalized spacial score (nSPS) is 10.4. The number of nitrogens with one attached hydrogen (secondary N) is 1. The molecule has 136 valence electrons. The number of anilines is 1. The summed E-state index contributed by atoms with van der Waals surface area (Å²) >= 11 is 0. The molecule has 0 atom stereocenters. The van der Waals surface area contributed by atoms with Crippen molar-refractivity contribution in [1.82, 2.24) is 9.78 Å². The number of non-ortho nitro benzene ring substituents is 1. The lowest BCUT2D eigenvalue weighted by molar-refractivity contribution is -0.384. The minimum Gasteiger partial charge on any atom is -0.322 e. The zero-order chi connectivity index (χ0) is 19.4. The number of nitro groups is 1. The number of halogens is 1. The molecule has 0 aliphatic rings. The Kier molecular flexibility index (Phi) is 5.02. The van der Waals surface area contributed by atoms with Crippen LogP contribution in [0.4, 0.5) is 15.8 Å². The third-order valence-corrected chi connectivity index (χ3v) is 3.66. The third kappa shape index (κ3) is 4.21. The van der Waals surface area contributed by atoms with Crippen LogP contribution in [0.1, 0.15) is 0 Å². The van der Waals surface area contributed by atoms with E-state index in [-0.39, 0.29) is 17.1 Å². The van der Waals surface area contributed by atoms with Crippen LogP contribution in [0, 0.1) is 15.9 Å². The molecule has 9 heteroatoms. The maximum Gasteiger partial charge on any atom is 0.270 e. The van der Waals surface area contributed by atoms with Gasteiger partial charge in [0.2, 0.25) is 5.91 Å². The lowest BCUT2D eigenvalue weighted by Gasteiger charge is -2.09. The Hall–Kier alpha value is -3.88. The molecule has 27 heavy (non-hydrogen) atoms. The van der Waals surface area contributed by atoms with Gasteiger partial charge in [0.1, 0.15) is 12.4 Å². The van der Waals surface area contributed by atoms with Crippen molar-refractivity contribution in [3.8, 4) is 11.3 Å². The molecular weight excluding hydrogens is 355 g/mol. The Labute approximate surface area is 152 Å². The number of carbonyl (C=O) groups excluding carboxylic acids is 1. The molecule has 2 aromatic carbocycles. The fourth-order valence-electron chi connectivity index (χ4n) is 2.38. The van der Waals surface area contributed by atoms with Crippen LogP contribution in [0.2, 0.25) is 0 Å². The van der Waals surface area contributed by atoms with Crippen LogP contribution in [0.25, 0.3) is 11.3 Å². The number of rotatable bonds is 5. The van der Waals surface area contributed by atoms with E-state index in [0.29, 0.717) is 5.56 Å². The quantitative estimate of drug-likeness (QED) is 0.550. The molecule has 0 unspecified atom stereocenters. The number of para-hydroxylation sites is 1. The van der Waals surface area contributed by atoms with Crippen molar-refractivity contribution in [3.05, 3.63) is 86.9 Å². The van der Waals surface area contributed by atoms with Crippen molar-refractivity contribution in [1.29, 1.82) is 0 Å². The average Bonchev–Trinajstić information content (AvgIpc) is 2.65. The predicted molar refractivity (Wildman–Crippen MR) is 95.6 cm³/mol. The molecule has 8 nitrogen and oxygen atoms in total.